The van der Waals surface area contributed by atoms with E-state index < -0.39 is 0 Å². The molecule has 0 amide bonds. The van der Waals surface area contributed by atoms with Crippen molar-refractivity contribution in [3.05, 3.63) is 18.2 Å². The van der Waals surface area contributed by atoms with Gasteiger partial charge >= 0.3 is 0 Å². The lowest BCUT2D eigenvalue weighted by Crippen LogP contribution is -1.84. The normalized spacial score (nSPS) is 10.7. The zero-order chi connectivity index (χ0) is 10.1. The highest BCUT2D eigenvalue weighted by Crippen LogP contribution is 2.36. The van der Waals surface area contributed by atoms with Crippen molar-refractivity contribution in [2.75, 3.05) is 19.1 Å². The molecule has 2 N–H and O–H groups in total. The summed E-state index contributed by atoms with van der Waals surface area (Å²) in [6, 6.07) is 6.14. The quantitative estimate of drug-likeness (QED) is 0.797. The van der Waals surface area contributed by atoms with Crippen molar-refractivity contribution in [1.82, 2.24) is 0 Å². The Morgan fingerprint density at radius 3 is 2.79 bits per heavy atom. The van der Waals surface area contributed by atoms with E-state index >= 15 is 0 Å². The Hall–Kier alpha value is -0.870. The number of nitrogens with two attached hydrogens (primary N) is 1. The van der Waals surface area contributed by atoms with Gasteiger partial charge in [0.05, 0.1) is 17.0 Å². The number of thioether (sulfide) groups is 1. The number of ether oxygens (including phenoxy) is 1. The minimum Gasteiger partial charge on any atom is -0.496 e. The Labute approximate surface area is 91.1 Å². The van der Waals surface area contributed by atoms with Crippen molar-refractivity contribution in [3.63, 3.8) is 0 Å². The maximum Gasteiger partial charge on any atom is 0.133 e. The van der Waals surface area contributed by atoms with E-state index in [2.05, 4.69) is 6.07 Å². The molecule has 0 saturated carbocycles. The molecule has 2 nitrogen and oxygen atoms in total. The lowest BCUT2D eigenvalue weighted by Gasteiger charge is -2.05. The van der Waals surface area contributed by atoms with Crippen molar-refractivity contribution in [3.8, 4) is 5.75 Å². The molecule has 0 fully saturated rings. The van der Waals surface area contributed by atoms with Gasteiger partial charge in [-0.3, -0.25) is 0 Å². The molecule has 0 aliphatic rings. The molecule has 0 saturated heterocycles. The van der Waals surface area contributed by atoms with Crippen LogP contribution in [0, 0.1) is 0 Å². The van der Waals surface area contributed by atoms with Crippen LogP contribution in [-0.4, -0.2) is 13.4 Å². The first-order valence-corrected chi connectivity index (χ1v) is 6.19. The van der Waals surface area contributed by atoms with E-state index in [1.54, 1.807) is 30.2 Å². The number of nitrogen functional groups attached to an aromatic ring is 1. The number of rotatable bonds is 2. The van der Waals surface area contributed by atoms with Crippen LogP contribution in [-0.2, 0) is 0 Å². The van der Waals surface area contributed by atoms with E-state index in [9.17, 15) is 0 Å². The second-order valence-electron chi connectivity index (χ2n) is 2.89. The van der Waals surface area contributed by atoms with Crippen molar-refractivity contribution < 1.29 is 4.74 Å². The topological polar surface area (TPSA) is 35.2 Å². The number of thiophene rings is 1. The van der Waals surface area contributed by atoms with Gasteiger partial charge in [-0.05, 0) is 29.8 Å². The fraction of sp³-hybridized carbons (Fsp3) is 0.200. The molecule has 0 aliphatic heterocycles. The number of hydrogen-bond acceptors (Lipinski definition) is 4. The van der Waals surface area contributed by atoms with Gasteiger partial charge in [0.25, 0.3) is 0 Å². The highest BCUT2D eigenvalue weighted by atomic mass is 32.2. The van der Waals surface area contributed by atoms with Gasteiger partial charge in [0.2, 0.25) is 0 Å². The van der Waals surface area contributed by atoms with Gasteiger partial charge in [-0.2, -0.15) is 0 Å². The van der Waals surface area contributed by atoms with Crippen molar-refractivity contribution in [1.29, 1.82) is 0 Å². The lowest BCUT2D eigenvalue weighted by atomic mass is 10.2. The van der Waals surface area contributed by atoms with E-state index in [-0.39, 0.29) is 0 Å². The molecule has 0 radical (unpaired) electrons. The van der Waals surface area contributed by atoms with Crippen LogP contribution < -0.4 is 10.5 Å². The molecule has 1 aromatic heterocycles. The second-order valence-corrected chi connectivity index (χ2v) is 4.86. The summed E-state index contributed by atoms with van der Waals surface area (Å²) in [6.45, 7) is 0. The van der Waals surface area contributed by atoms with Crippen LogP contribution in [0.1, 0.15) is 0 Å². The van der Waals surface area contributed by atoms with Crippen LogP contribution >= 0.6 is 23.1 Å². The van der Waals surface area contributed by atoms with Crippen LogP contribution in [0.25, 0.3) is 10.1 Å². The Balaban J connectivity index is 2.68. The molecule has 14 heavy (non-hydrogen) atoms. The van der Waals surface area contributed by atoms with Gasteiger partial charge in [0, 0.05) is 4.70 Å². The average Bonchev–Trinajstić information content (AvgIpc) is 2.54. The number of methoxy groups -OCH3 is 1. The van der Waals surface area contributed by atoms with E-state index in [0.717, 1.165) is 21.0 Å². The first-order chi connectivity index (χ1) is 6.74. The number of anilines is 1. The van der Waals surface area contributed by atoms with E-state index in [1.165, 1.54) is 4.70 Å². The third-order valence-corrected chi connectivity index (χ3v) is 3.73. The second kappa shape index (κ2) is 3.71. The Morgan fingerprint density at radius 2 is 2.14 bits per heavy atom. The summed E-state index contributed by atoms with van der Waals surface area (Å²) < 4.78 is 6.51. The molecule has 1 heterocycles. The number of fused-ring (bicyclic) bond motifs is 1. The van der Waals surface area contributed by atoms with Gasteiger partial charge < -0.3 is 10.5 Å². The third kappa shape index (κ3) is 1.55. The fourth-order valence-corrected chi connectivity index (χ4v) is 2.89. The van der Waals surface area contributed by atoms with Crippen LogP contribution in [0.4, 0.5) is 5.00 Å². The summed E-state index contributed by atoms with van der Waals surface area (Å²) in [5.41, 5.74) is 5.74. The zero-order valence-electron chi connectivity index (χ0n) is 8.03. The molecule has 0 aliphatic carbocycles. The molecule has 0 spiro atoms. The van der Waals surface area contributed by atoms with Gasteiger partial charge in [-0.1, -0.05) is 0 Å². The van der Waals surface area contributed by atoms with Crippen LogP contribution in [0.2, 0.25) is 0 Å². The van der Waals surface area contributed by atoms with E-state index in [4.69, 9.17) is 10.5 Å². The zero-order valence-corrected chi connectivity index (χ0v) is 9.67. The van der Waals surface area contributed by atoms with Gasteiger partial charge in [0.1, 0.15) is 5.75 Å². The van der Waals surface area contributed by atoms with Gasteiger partial charge in [-0.15, -0.1) is 23.1 Å². The minimum absolute atomic E-state index is 0.848. The first kappa shape index (κ1) is 9.68. The van der Waals surface area contributed by atoms with E-state index in [1.807, 2.05) is 18.4 Å². The van der Waals surface area contributed by atoms with Crippen LogP contribution in [0.15, 0.2) is 23.1 Å². The molecule has 74 valence electrons. The lowest BCUT2D eigenvalue weighted by molar-refractivity contribution is 0.405. The Morgan fingerprint density at radius 1 is 1.36 bits per heavy atom. The summed E-state index contributed by atoms with van der Waals surface area (Å²) in [4.78, 5) is 1.15. The van der Waals surface area contributed by atoms with Crippen molar-refractivity contribution >= 4 is 38.2 Å². The Kier molecular flexibility index (Phi) is 2.56. The van der Waals surface area contributed by atoms with Crippen molar-refractivity contribution in [2.24, 2.45) is 0 Å². The van der Waals surface area contributed by atoms with Gasteiger partial charge in [-0.25, -0.2) is 0 Å². The van der Waals surface area contributed by atoms with E-state index in [0.29, 0.717) is 0 Å². The predicted octanol–water partition coefficient (Wildman–Crippen LogP) is 3.21. The Bertz CT molecular complexity index is 423. The maximum atomic E-state index is 5.74. The molecule has 1 aromatic carbocycles. The van der Waals surface area contributed by atoms with Crippen molar-refractivity contribution in [2.45, 2.75) is 4.90 Å². The molecule has 4 heteroatoms. The molecule has 0 atom stereocenters. The maximum absolute atomic E-state index is 5.74. The highest BCUT2D eigenvalue weighted by molar-refractivity contribution is 7.98. The monoisotopic (exact) mass is 225 g/mol. The molecular formula is C10H11NOS2. The standard InChI is InChI=1S/C10H11NOS2/c1-12-7-3-6-4-10(11)14-8(6)5-9(7)13-2/h3-5H,11H2,1-2H3. The van der Waals surface area contributed by atoms with Crippen LogP contribution in [0.3, 0.4) is 0 Å². The molecule has 0 unspecified atom stereocenters. The highest BCUT2D eigenvalue weighted by Gasteiger charge is 2.06. The average molecular weight is 225 g/mol. The largest absolute Gasteiger partial charge is 0.496 e. The molecule has 2 aromatic rings. The summed E-state index contributed by atoms with van der Waals surface area (Å²) in [7, 11) is 1.69. The third-order valence-electron chi connectivity index (χ3n) is 2.04. The number of hydrogen-bond donors (Lipinski definition) is 1. The summed E-state index contributed by atoms with van der Waals surface area (Å²) >= 11 is 3.29. The smallest absolute Gasteiger partial charge is 0.133 e. The number of benzene rings is 1. The molecular weight excluding hydrogens is 214 g/mol. The fourth-order valence-electron chi connectivity index (χ4n) is 1.39. The van der Waals surface area contributed by atoms with Crippen LogP contribution in [0.5, 0.6) is 5.75 Å². The summed E-state index contributed by atoms with van der Waals surface area (Å²) in [6.07, 6.45) is 2.04. The summed E-state index contributed by atoms with van der Waals surface area (Å²) in [5, 5.41) is 2.00. The molecule has 0 bridgehead atoms. The predicted molar refractivity (Wildman–Crippen MR) is 64.6 cm³/mol. The summed E-state index contributed by atoms with van der Waals surface area (Å²) in [5.74, 6) is 0.919. The minimum atomic E-state index is 0.848. The molecule has 2 rings (SSSR count). The van der Waals surface area contributed by atoms with Gasteiger partial charge in [0.15, 0.2) is 0 Å². The SMILES string of the molecule is COc1cc2cc(N)sc2cc1SC. The first-order valence-electron chi connectivity index (χ1n) is 4.15.